The zero-order valence-corrected chi connectivity index (χ0v) is 12.1. The van der Waals surface area contributed by atoms with Crippen LogP contribution in [0.5, 0.6) is 0 Å². The summed E-state index contributed by atoms with van der Waals surface area (Å²) in [5.41, 5.74) is 6.29. The molecule has 1 aliphatic rings. The van der Waals surface area contributed by atoms with Crippen molar-refractivity contribution >= 4 is 0 Å². The largest absolute Gasteiger partial charge is 0.383 e. The fraction of sp³-hybridized carbons (Fsp3) is 0.562. The van der Waals surface area contributed by atoms with Crippen molar-refractivity contribution in [2.45, 2.75) is 30.8 Å². The molecule has 1 unspecified atom stereocenters. The van der Waals surface area contributed by atoms with E-state index in [1.165, 1.54) is 12.8 Å². The summed E-state index contributed by atoms with van der Waals surface area (Å²) in [6, 6.07) is 12.6. The van der Waals surface area contributed by atoms with Crippen LogP contribution >= 0.6 is 0 Å². The molecule has 1 fully saturated rings. The Morgan fingerprint density at radius 2 is 2.05 bits per heavy atom. The van der Waals surface area contributed by atoms with E-state index >= 15 is 0 Å². The van der Waals surface area contributed by atoms with Gasteiger partial charge in [-0.25, -0.2) is 0 Å². The van der Waals surface area contributed by atoms with E-state index in [0.717, 1.165) is 25.3 Å². The highest BCUT2D eigenvalue weighted by Gasteiger charge is 2.32. The second kappa shape index (κ2) is 6.85. The molecular formula is C16H23N3O. The molecule has 20 heavy (non-hydrogen) atoms. The van der Waals surface area contributed by atoms with Crippen molar-refractivity contribution in [1.82, 2.24) is 4.90 Å². The standard InChI is InChI=1S/C16H23N3O/c1-20-12-11-19(15-7-8-15)10-9-16(18,13-17)14-5-3-2-4-6-14/h2-6,15H,7-12,18H2,1H3. The van der Waals surface area contributed by atoms with Gasteiger partial charge in [0.1, 0.15) is 5.54 Å². The van der Waals surface area contributed by atoms with Gasteiger partial charge in [-0.05, 0) is 24.8 Å². The predicted molar refractivity (Wildman–Crippen MR) is 79.0 cm³/mol. The van der Waals surface area contributed by atoms with Crippen molar-refractivity contribution in [2.24, 2.45) is 5.73 Å². The van der Waals surface area contributed by atoms with Crippen LogP contribution in [0.25, 0.3) is 0 Å². The molecule has 1 aromatic rings. The summed E-state index contributed by atoms with van der Waals surface area (Å²) in [6.45, 7) is 2.48. The number of hydrogen-bond acceptors (Lipinski definition) is 4. The summed E-state index contributed by atoms with van der Waals surface area (Å²) >= 11 is 0. The van der Waals surface area contributed by atoms with Crippen LogP contribution < -0.4 is 5.73 Å². The molecule has 1 atom stereocenters. The van der Waals surface area contributed by atoms with E-state index in [4.69, 9.17) is 10.5 Å². The lowest BCUT2D eigenvalue weighted by Crippen LogP contribution is -2.40. The molecule has 2 N–H and O–H groups in total. The molecular weight excluding hydrogens is 250 g/mol. The Morgan fingerprint density at radius 1 is 1.35 bits per heavy atom. The Kier molecular flexibility index (Phi) is 5.13. The normalized spacial score (nSPS) is 17.7. The lowest BCUT2D eigenvalue weighted by molar-refractivity contribution is 0.139. The molecule has 1 saturated carbocycles. The van der Waals surface area contributed by atoms with Crippen molar-refractivity contribution in [3.05, 3.63) is 35.9 Å². The molecule has 4 nitrogen and oxygen atoms in total. The van der Waals surface area contributed by atoms with Gasteiger partial charge in [-0.1, -0.05) is 30.3 Å². The maximum absolute atomic E-state index is 9.46. The van der Waals surface area contributed by atoms with E-state index < -0.39 is 5.54 Å². The van der Waals surface area contributed by atoms with Crippen LogP contribution in [0.1, 0.15) is 24.8 Å². The van der Waals surface area contributed by atoms with Gasteiger partial charge in [0, 0.05) is 26.2 Å². The molecule has 0 heterocycles. The fourth-order valence-corrected chi connectivity index (χ4v) is 2.45. The maximum atomic E-state index is 9.46. The number of hydrogen-bond donors (Lipinski definition) is 1. The third-order valence-corrected chi connectivity index (χ3v) is 3.93. The number of nitrogens with two attached hydrogens (primary N) is 1. The number of nitriles is 1. The summed E-state index contributed by atoms with van der Waals surface area (Å²) in [5.74, 6) is 0. The Morgan fingerprint density at radius 3 is 2.60 bits per heavy atom. The first-order chi connectivity index (χ1) is 9.69. The second-order valence-corrected chi connectivity index (χ2v) is 5.46. The van der Waals surface area contributed by atoms with Crippen molar-refractivity contribution in [1.29, 1.82) is 5.26 Å². The Hall–Kier alpha value is -1.41. The van der Waals surface area contributed by atoms with Gasteiger partial charge >= 0.3 is 0 Å². The lowest BCUT2D eigenvalue weighted by Gasteiger charge is -2.27. The Bertz CT molecular complexity index is 453. The third-order valence-electron chi connectivity index (χ3n) is 3.93. The van der Waals surface area contributed by atoms with Crippen LogP contribution in [0, 0.1) is 11.3 Å². The number of nitrogens with zero attached hydrogens (tertiary/aromatic N) is 2. The number of methoxy groups -OCH3 is 1. The van der Waals surface area contributed by atoms with E-state index in [1.807, 2.05) is 30.3 Å². The average Bonchev–Trinajstić information content (AvgIpc) is 3.32. The summed E-state index contributed by atoms with van der Waals surface area (Å²) in [6.07, 6.45) is 3.14. The van der Waals surface area contributed by atoms with E-state index in [2.05, 4.69) is 11.0 Å². The molecule has 2 rings (SSSR count). The van der Waals surface area contributed by atoms with Gasteiger partial charge in [0.2, 0.25) is 0 Å². The summed E-state index contributed by atoms with van der Waals surface area (Å²) in [7, 11) is 1.72. The van der Waals surface area contributed by atoms with Crippen molar-refractivity contribution in [3.8, 4) is 6.07 Å². The van der Waals surface area contributed by atoms with Crippen LogP contribution in [0.15, 0.2) is 30.3 Å². The summed E-state index contributed by atoms with van der Waals surface area (Å²) in [5, 5.41) is 9.46. The third kappa shape index (κ3) is 3.80. The maximum Gasteiger partial charge on any atom is 0.131 e. The first-order valence-electron chi connectivity index (χ1n) is 7.18. The molecule has 108 valence electrons. The molecule has 0 bridgehead atoms. The molecule has 0 saturated heterocycles. The summed E-state index contributed by atoms with van der Waals surface area (Å²) < 4.78 is 5.16. The fourth-order valence-electron chi connectivity index (χ4n) is 2.45. The quantitative estimate of drug-likeness (QED) is 0.785. The molecule has 1 aliphatic carbocycles. The molecule has 4 heteroatoms. The minimum Gasteiger partial charge on any atom is -0.383 e. The molecule has 0 amide bonds. The lowest BCUT2D eigenvalue weighted by atomic mass is 9.89. The highest BCUT2D eigenvalue weighted by atomic mass is 16.5. The van der Waals surface area contributed by atoms with Crippen LogP contribution in [0.4, 0.5) is 0 Å². The highest BCUT2D eigenvalue weighted by Crippen LogP contribution is 2.29. The van der Waals surface area contributed by atoms with Gasteiger partial charge in [0.05, 0.1) is 12.7 Å². The van der Waals surface area contributed by atoms with E-state index in [-0.39, 0.29) is 0 Å². The Labute approximate surface area is 121 Å². The minimum atomic E-state index is -0.901. The van der Waals surface area contributed by atoms with Gasteiger partial charge in [-0.3, -0.25) is 4.90 Å². The van der Waals surface area contributed by atoms with Crippen LogP contribution in [-0.2, 0) is 10.3 Å². The van der Waals surface area contributed by atoms with Crippen molar-refractivity contribution in [3.63, 3.8) is 0 Å². The smallest absolute Gasteiger partial charge is 0.131 e. The predicted octanol–water partition coefficient (Wildman–Crippen LogP) is 1.87. The molecule has 0 aliphatic heterocycles. The monoisotopic (exact) mass is 273 g/mol. The van der Waals surface area contributed by atoms with Crippen molar-refractivity contribution < 1.29 is 4.74 Å². The van der Waals surface area contributed by atoms with E-state index in [9.17, 15) is 5.26 Å². The molecule has 0 aromatic heterocycles. The van der Waals surface area contributed by atoms with Crippen LogP contribution in [-0.4, -0.2) is 37.7 Å². The van der Waals surface area contributed by atoms with Gasteiger partial charge < -0.3 is 10.5 Å². The topological polar surface area (TPSA) is 62.3 Å². The highest BCUT2D eigenvalue weighted by molar-refractivity contribution is 5.30. The zero-order valence-electron chi connectivity index (χ0n) is 12.1. The average molecular weight is 273 g/mol. The molecule has 0 radical (unpaired) electrons. The SMILES string of the molecule is COCCN(CCC(N)(C#N)c1ccccc1)C1CC1. The molecule has 1 aromatic carbocycles. The van der Waals surface area contributed by atoms with E-state index in [0.29, 0.717) is 12.5 Å². The van der Waals surface area contributed by atoms with Gasteiger partial charge in [0.15, 0.2) is 0 Å². The van der Waals surface area contributed by atoms with Gasteiger partial charge in [0.25, 0.3) is 0 Å². The number of ether oxygens (including phenoxy) is 1. The second-order valence-electron chi connectivity index (χ2n) is 5.46. The van der Waals surface area contributed by atoms with Gasteiger partial charge in [-0.15, -0.1) is 0 Å². The first-order valence-corrected chi connectivity index (χ1v) is 7.18. The first kappa shape index (κ1) is 15.0. The van der Waals surface area contributed by atoms with Gasteiger partial charge in [-0.2, -0.15) is 5.26 Å². The molecule has 0 spiro atoms. The Balaban J connectivity index is 1.97. The van der Waals surface area contributed by atoms with E-state index in [1.54, 1.807) is 7.11 Å². The number of rotatable bonds is 8. The van der Waals surface area contributed by atoms with Crippen LogP contribution in [0.2, 0.25) is 0 Å². The van der Waals surface area contributed by atoms with Crippen LogP contribution in [0.3, 0.4) is 0 Å². The number of benzene rings is 1. The van der Waals surface area contributed by atoms with Crippen molar-refractivity contribution in [2.75, 3.05) is 26.8 Å². The summed E-state index contributed by atoms with van der Waals surface area (Å²) in [4.78, 5) is 2.39. The minimum absolute atomic E-state index is 0.647. The zero-order chi connectivity index (χ0) is 14.4.